The molecule has 0 saturated heterocycles. The number of nitrogens with zero attached hydrogens (tertiary/aromatic N) is 2. The Morgan fingerprint density at radius 3 is 2.85 bits per heavy atom. The first kappa shape index (κ1) is 9.55. The van der Waals surface area contributed by atoms with E-state index in [1.807, 2.05) is 17.5 Å². The fourth-order valence-corrected chi connectivity index (χ4v) is 2.16. The van der Waals surface area contributed by atoms with Crippen molar-refractivity contribution in [1.29, 1.82) is 0 Å². The second-order valence-electron chi connectivity index (χ2n) is 2.69. The molecule has 0 atom stereocenters. The van der Waals surface area contributed by atoms with Gasteiger partial charge in [0.1, 0.15) is 3.70 Å². The number of aromatic nitrogens is 2. The van der Waals surface area contributed by atoms with Crippen molar-refractivity contribution in [3.8, 4) is 0 Å². The molecule has 0 saturated carbocycles. The van der Waals surface area contributed by atoms with Gasteiger partial charge < -0.3 is 0 Å². The molecule has 2 nitrogen and oxygen atoms in total. The van der Waals surface area contributed by atoms with Crippen LogP contribution < -0.4 is 0 Å². The molecule has 0 fully saturated rings. The lowest BCUT2D eigenvalue weighted by atomic mass is 10.5. The first-order chi connectivity index (χ1) is 6.09. The van der Waals surface area contributed by atoms with Crippen LogP contribution in [0, 0.1) is 10.6 Å². The lowest BCUT2D eigenvalue weighted by Gasteiger charge is -1.98. The smallest absolute Gasteiger partial charge is 0.156 e. The highest BCUT2D eigenvalue weighted by atomic mass is 127. The van der Waals surface area contributed by atoms with Crippen LogP contribution in [0.4, 0.5) is 0 Å². The molecule has 2 heterocycles. The van der Waals surface area contributed by atoms with Crippen molar-refractivity contribution >= 4 is 51.4 Å². The number of fused-ring (bicyclic) bond motifs is 1. The van der Waals surface area contributed by atoms with E-state index in [2.05, 4.69) is 27.6 Å². The molecule has 68 valence electrons. The summed E-state index contributed by atoms with van der Waals surface area (Å²) in [6, 6.07) is 1.70. The van der Waals surface area contributed by atoms with Crippen LogP contribution in [0.5, 0.6) is 0 Å². The van der Waals surface area contributed by atoms with E-state index in [0.717, 1.165) is 15.0 Å². The molecular weight excluding hydrogens is 322 g/mol. The van der Waals surface area contributed by atoms with Crippen LogP contribution in [-0.4, -0.2) is 9.38 Å². The Morgan fingerprint density at radius 2 is 2.15 bits per heavy atom. The highest BCUT2D eigenvalue weighted by Crippen LogP contribution is 2.24. The highest BCUT2D eigenvalue weighted by molar-refractivity contribution is 14.1. The Bertz CT molecular complexity index is 478. The predicted octanol–water partition coefficient (Wildman–Crippen LogP) is 3.55. The van der Waals surface area contributed by atoms with Crippen molar-refractivity contribution in [2.24, 2.45) is 0 Å². The molecule has 2 aromatic heterocycles. The standard InChI is InChI=1S/C8H5Cl2IN2/c1-4-7(11)13-3-5(9)2-6(10)8(13)12-4/h2-3H,1H3. The van der Waals surface area contributed by atoms with Gasteiger partial charge in [0.15, 0.2) is 5.65 Å². The third-order valence-electron chi connectivity index (χ3n) is 1.74. The normalized spacial score (nSPS) is 11.1. The van der Waals surface area contributed by atoms with Gasteiger partial charge in [-0.25, -0.2) is 4.98 Å². The first-order valence-corrected chi connectivity index (χ1v) is 5.42. The molecule has 13 heavy (non-hydrogen) atoms. The Hall–Kier alpha value is -0.000000000000000111. The summed E-state index contributed by atoms with van der Waals surface area (Å²) < 4.78 is 2.93. The Labute approximate surface area is 99.0 Å². The molecule has 2 rings (SSSR count). The first-order valence-electron chi connectivity index (χ1n) is 3.59. The van der Waals surface area contributed by atoms with E-state index < -0.39 is 0 Å². The van der Waals surface area contributed by atoms with Crippen molar-refractivity contribution in [3.05, 3.63) is 31.7 Å². The molecular formula is C8H5Cl2IN2. The zero-order valence-corrected chi connectivity index (χ0v) is 10.4. The van der Waals surface area contributed by atoms with Crippen LogP contribution in [0.3, 0.4) is 0 Å². The zero-order valence-electron chi connectivity index (χ0n) is 6.68. The minimum Gasteiger partial charge on any atom is -0.292 e. The molecule has 0 unspecified atom stereocenters. The average Bonchev–Trinajstić information content (AvgIpc) is 2.32. The van der Waals surface area contributed by atoms with E-state index in [1.165, 1.54) is 0 Å². The van der Waals surface area contributed by atoms with Crippen LogP contribution in [0.25, 0.3) is 5.65 Å². The van der Waals surface area contributed by atoms with Gasteiger partial charge in [-0.3, -0.25) is 4.40 Å². The van der Waals surface area contributed by atoms with Crippen molar-refractivity contribution < 1.29 is 0 Å². The van der Waals surface area contributed by atoms with Gasteiger partial charge in [0.2, 0.25) is 0 Å². The lowest BCUT2D eigenvalue weighted by Crippen LogP contribution is -1.87. The van der Waals surface area contributed by atoms with Gasteiger partial charge in [0.25, 0.3) is 0 Å². The fraction of sp³-hybridized carbons (Fsp3) is 0.125. The second kappa shape index (κ2) is 3.29. The Morgan fingerprint density at radius 1 is 1.46 bits per heavy atom. The molecule has 0 aliphatic rings. The molecule has 0 amide bonds. The van der Waals surface area contributed by atoms with E-state index >= 15 is 0 Å². The number of hydrogen-bond donors (Lipinski definition) is 0. The number of imidazole rings is 1. The fourth-order valence-electron chi connectivity index (χ4n) is 1.16. The van der Waals surface area contributed by atoms with Gasteiger partial charge in [-0.05, 0) is 35.6 Å². The van der Waals surface area contributed by atoms with Crippen LogP contribution in [0.1, 0.15) is 5.69 Å². The zero-order chi connectivity index (χ0) is 9.59. The summed E-state index contributed by atoms with van der Waals surface area (Å²) in [6.07, 6.45) is 1.81. The number of pyridine rings is 1. The van der Waals surface area contributed by atoms with Crippen LogP contribution >= 0.6 is 45.8 Å². The summed E-state index contributed by atoms with van der Waals surface area (Å²) >= 11 is 14.1. The topological polar surface area (TPSA) is 17.3 Å². The maximum absolute atomic E-state index is 5.98. The molecule has 0 aromatic carbocycles. The average molecular weight is 327 g/mol. The minimum atomic E-state index is 0.582. The number of rotatable bonds is 0. The van der Waals surface area contributed by atoms with E-state index in [1.54, 1.807) is 6.07 Å². The minimum absolute atomic E-state index is 0.582. The van der Waals surface area contributed by atoms with Crippen LogP contribution in [-0.2, 0) is 0 Å². The predicted molar refractivity (Wildman–Crippen MR) is 62.7 cm³/mol. The molecule has 2 aromatic rings. The Kier molecular flexibility index (Phi) is 2.42. The van der Waals surface area contributed by atoms with E-state index in [4.69, 9.17) is 23.2 Å². The van der Waals surface area contributed by atoms with Gasteiger partial charge in [-0.2, -0.15) is 0 Å². The monoisotopic (exact) mass is 326 g/mol. The summed E-state index contributed by atoms with van der Waals surface area (Å²) in [6.45, 7) is 1.94. The molecule has 0 aliphatic carbocycles. The molecule has 0 N–H and O–H groups in total. The molecule has 0 radical (unpaired) electrons. The molecule has 0 bridgehead atoms. The summed E-state index contributed by atoms with van der Waals surface area (Å²) in [5, 5.41) is 1.20. The summed E-state index contributed by atoms with van der Waals surface area (Å²) in [4.78, 5) is 4.32. The van der Waals surface area contributed by atoms with Crippen molar-refractivity contribution in [2.45, 2.75) is 6.92 Å². The van der Waals surface area contributed by atoms with Gasteiger partial charge in [0, 0.05) is 6.20 Å². The van der Waals surface area contributed by atoms with Crippen molar-refractivity contribution in [3.63, 3.8) is 0 Å². The number of aryl methyl sites for hydroxylation is 1. The largest absolute Gasteiger partial charge is 0.292 e. The van der Waals surface area contributed by atoms with Gasteiger partial charge >= 0.3 is 0 Å². The van der Waals surface area contributed by atoms with Gasteiger partial charge in [0.05, 0.1) is 15.7 Å². The second-order valence-corrected chi connectivity index (χ2v) is 4.55. The molecule has 5 heteroatoms. The number of halogens is 3. The number of hydrogen-bond acceptors (Lipinski definition) is 1. The van der Waals surface area contributed by atoms with E-state index in [-0.39, 0.29) is 0 Å². The SMILES string of the molecule is Cc1nc2c(Cl)cc(Cl)cn2c1I. The maximum atomic E-state index is 5.98. The van der Waals surface area contributed by atoms with Crippen molar-refractivity contribution in [1.82, 2.24) is 9.38 Å². The third kappa shape index (κ3) is 1.53. The van der Waals surface area contributed by atoms with E-state index in [0.29, 0.717) is 10.0 Å². The molecule has 0 spiro atoms. The highest BCUT2D eigenvalue weighted by Gasteiger charge is 2.09. The summed E-state index contributed by atoms with van der Waals surface area (Å²) in [5.74, 6) is 0. The van der Waals surface area contributed by atoms with Crippen molar-refractivity contribution in [2.75, 3.05) is 0 Å². The van der Waals surface area contributed by atoms with E-state index in [9.17, 15) is 0 Å². The van der Waals surface area contributed by atoms with Gasteiger partial charge in [-0.1, -0.05) is 23.2 Å². The maximum Gasteiger partial charge on any atom is 0.156 e. The van der Waals surface area contributed by atoms with Crippen LogP contribution in [0.15, 0.2) is 12.3 Å². The van der Waals surface area contributed by atoms with Crippen LogP contribution in [0.2, 0.25) is 10.0 Å². The quantitative estimate of drug-likeness (QED) is 0.677. The third-order valence-corrected chi connectivity index (χ3v) is 3.53. The summed E-state index contributed by atoms with van der Waals surface area (Å²) in [5.41, 5.74) is 1.72. The Balaban J connectivity index is 2.94. The van der Waals surface area contributed by atoms with Gasteiger partial charge in [-0.15, -0.1) is 0 Å². The molecule has 0 aliphatic heterocycles. The lowest BCUT2D eigenvalue weighted by molar-refractivity contribution is 1.14. The summed E-state index contributed by atoms with van der Waals surface area (Å²) in [7, 11) is 0.